The predicted octanol–water partition coefficient (Wildman–Crippen LogP) is 5.43. The molecule has 0 saturated carbocycles. The highest BCUT2D eigenvalue weighted by atomic mass is 32.2. The number of carbonyl (C=O) groups is 1. The first-order valence-electron chi connectivity index (χ1n) is 11.2. The Bertz CT molecular complexity index is 1020. The Morgan fingerprint density at radius 1 is 1.00 bits per heavy atom. The molecule has 5 nitrogen and oxygen atoms in total. The molecule has 2 aromatic rings. The number of hydrogen-bond acceptors (Lipinski definition) is 4. The van der Waals surface area contributed by atoms with Crippen LogP contribution in [0.2, 0.25) is 0 Å². The van der Waals surface area contributed by atoms with Crippen molar-refractivity contribution in [1.82, 2.24) is 4.31 Å². The molecule has 1 fully saturated rings. The summed E-state index contributed by atoms with van der Waals surface area (Å²) in [6, 6.07) is 13.3. The van der Waals surface area contributed by atoms with Crippen LogP contribution in [0.4, 0.5) is 0 Å². The lowest BCUT2D eigenvalue weighted by molar-refractivity contribution is -0.142. The molecule has 1 heterocycles. The molecule has 32 heavy (non-hydrogen) atoms. The number of carboxylic acids is 1. The van der Waals surface area contributed by atoms with Crippen LogP contribution in [0.15, 0.2) is 53.4 Å². The summed E-state index contributed by atoms with van der Waals surface area (Å²) < 4.78 is 29.4. The third-order valence-corrected chi connectivity index (χ3v) is 9.64. The Kier molecular flexibility index (Phi) is 8.06. The van der Waals surface area contributed by atoms with Gasteiger partial charge in [0.25, 0.3) is 0 Å². The van der Waals surface area contributed by atoms with E-state index in [1.165, 1.54) is 4.31 Å². The van der Waals surface area contributed by atoms with Crippen molar-refractivity contribution in [1.29, 1.82) is 0 Å². The molecular weight excluding hydrogens is 442 g/mol. The number of aliphatic carboxylic acids is 1. The van der Waals surface area contributed by atoms with Gasteiger partial charge in [-0.1, -0.05) is 67.8 Å². The van der Waals surface area contributed by atoms with Gasteiger partial charge in [0.1, 0.15) is 0 Å². The number of benzene rings is 2. The third kappa shape index (κ3) is 4.90. The minimum atomic E-state index is -3.90. The second-order valence-corrected chi connectivity index (χ2v) is 11.7. The van der Waals surface area contributed by atoms with E-state index in [1.54, 1.807) is 36.0 Å². The molecular formula is C25H33NO4S2. The lowest BCUT2D eigenvalue weighted by Crippen LogP contribution is -2.39. The van der Waals surface area contributed by atoms with E-state index in [0.29, 0.717) is 6.42 Å². The van der Waals surface area contributed by atoms with Gasteiger partial charge in [-0.15, -0.1) is 0 Å². The highest BCUT2D eigenvalue weighted by molar-refractivity contribution is 8.00. The van der Waals surface area contributed by atoms with E-state index in [9.17, 15) is 18.3 Å². The number of aryl methyl sites for hydroxylation is 2. The van der Waals surface area contributed by atoms with Crippen molar-refractivity contribution >= 4 is 27.8 Å². The largest absolute Gasteiger partial charge is 0.481 e. The van der Waals surface area contributed by atoms with Crippen LogP contribution in [0.3, 0.4) is 0 Å². The van der Waals surface area contributed by atoms with Crippen molar-refractivity contribution in [2.75, 3.05) is 5.75 Å². The molecule has 1 N–H and O–H groups in total. The highest BCUT2D eigenvalue weighted by Gasteiger charge is 2.56. The van der Waals surface area contributed by atoms with Crippen LogP contribution in [-0.4, -0.2) is 40.8 Å². The molecule has 7 heteroatoms. The van der Waals surface area contributed by atoms with E-state index in [4.69, 9.17) is 0 Å². The van der Waals surface area contributed by atoms with Crippen LogP contribution in [-0.2, 0) is 14.8 Å². The first-order valence-corrected chi connectivity index (χ1v) is 13.7. The lowest BCUT2D eigenvalue weighted by atomic mass is 9.92. The molecule has 1 aliphatic heterocycles. The van der Waals surface area contributed by atoms with Crippen LogP contribution in [0.1, 0.15) is 55.8 Å². The summed E-state index contributed by atoms with van der Waals surface area (Å²) in [7, 11) is -3.90. The standard InChI is InChI=1S/C25H33NO4S2/c1-5-7-16-31-24-21(6-2)26(32(29,30)20-14-10-18(4)11-15-20)23(22(24)25(27)28)19-12-8-17(3)9-13-19/h8-15,21-24H,5-7,16H2,1-4H3,(H,27,28)/t21-,22+,23+,24-/m1/s1. The van der Waals surface area contributed by atoms with Gasteiger partial charge in [-0.25, -0.2) is 8.42 Å². The summed E-state index contributed by atoms with van der Waals surface area (Å²) in [6.45, 7) is 7.93. The average Bonchev–Trinajstić information content (AvgIpc) is 3.10. The quantitative estimate of drug-likeness (QED) is 0.490. The Morgan fingerprint density at radius 3 is 2.06 bits per heavy atom. The van der Waals surface area contributed by atoms with Gasteiger partial charge in [-0.3, -0.25) is 4.79 Å². The summed E-state index contributed by atoms with van der Waals surface area (Å²) in [4.78, 5) is 12.8. The van der Waals surface area contributed by atoms with Crippen LogP contribution >= 0.6 is 11.8 Å². The van der Waals surface area contributed by atoms with Gasteiger partial charge in [0.05, 0.1) is 16.9 Å². The molecule has 0 amide bonds. The van der Waals surface area contributed by atoms with Crippen molar-refractivity contribution in [2.45, 2.75) is 69.2 Å². The van der Waals surface area contributed by atoms with Crippen LogP contribution in [0.25, 0.3) is 0 Å². The Morgan fingerprint density at radius 2 is 1.56 bits per heavy atom. The molecule has 3 rings (SSSR count). The number of rotatable bonds is 9. The summed E-state index contributed by atoms with van der Waals surface area (Å²) in [5.74, 6) is -0.935. The van der Waals surface area contributed by atoms with Gasteiger partial charge < -0.3 is 5.11 Å². The molecule has 0 radical (unpaired) electrons. The summed E-state index contributed by atoms with van der Waals surface area (Å²) >= 11 is 1.61. The van der Waals surface area contributed by atoms with Gasteiger partial charge >= 0.3 is 5.97 Å². The van der Waals surface area contributed by atoms with Gasteiger partial charge in [0.15, 0.2) is 0 Å². The minimum absolute atomic E-state index is 0.210. The van der Waals surface area contributed by atoms with E-state index >= 15 is 0 Å². The third-order valence-electron chi connectivity index (χ3n) is 6.20. The van der Waals surface area contributed by atoms with Gasteiger partial charge in [0.2, 0.25) is 10.0 Å². The Balaban J connectivity index is 2.17. The Labute approximate surface area is 196 Å². The SMILES string of the molecule is CCCCS[C@H]1[C@@H](C(=O)O)[C@H](c2ccc(C)cc2)N(S(=O)(=O)c2ccc(C)cc2)[C@@H]1CC. The average molecular weight is 476 g/mol. The molecule has 0 spiro atoms. The zero-order chi connectivity index (χ0) is 23.5. The predicted molar refractivity (Wildman–Crippen MR) is 130 cm³/mol. The second-order valence-electron chi connectivity index (χ2n) is 8.53. The van der Waals surface area contributed by atoms with Gasteiger partial charge in [-0.2, -0.15) is 16.1 Å². The van der Waals surface area contributed by atoms with Crippen molar-refractivity contribution in [3.05, 3.63) is 65.2 Å². The number of unbranched alkanes of at least 4 members (excludes halogenated alkanes) is 1. The van der Waals surface area contributed by atoms with Gasteiger partial charge in [0, 0.05) is 11.3 Å². The zero-order valence-electron chi connectivity index (χ0n) is 19.2. The van der Waals surface area contributed by atoms with Crippen LogP contribution < -0.4 is 0 Å². The topological polar surface area (TPSA) is 74.7 Å². The first-order chi connectivity index (χ1) is 15.2. The smallest absolute Gasteiger partial charge is 0.309 e. The molecule has 0 bridgehead atoms. The molecule has 1 aliphatic rings. The van der Waals surface area contributed by atoms with E-state index in [2.05, 4.69) is 6.92 Å². The van der Waals surface area contributed by atoms with Crippen molar-refractivity contribution in [3.8, 4) is 0 Å². The number of nitrogens with zero attached hydrogens (tertiary/aromatic N) is 1. The molecule has 0 aliphatic carbocycles. The van der Waals surface area contributed by atoms with Crippen molar-refractivity contribution in [3.63, 3.8) is 0 Å². The van der Waals surface area contributed by atoms with Crippen LogP contribution in [0.5, 0.6) is 0 Å². The second kappa shape index (κ2) is 10.4. The number of thioether (sulfide) groups is 1. The van der Waals surface area contributed by atoms with E-state index < -0.39 is 34.0 Å². The minimum Gasteiger partial charge on any atom is -0.481 e. The molecule has 174 valence electrons. The number of sulfonamides is 1. The molecule has 2 aromatic carbocycles. The maximum absolute atomic E-state index is 13.9. The van der Waals surface area contributed by atoms with Crippen molar-refractivity contribution < 1.29 is 18.3 Å². The Hall–Kier alpha value is -1.83. The number of hydrogen-bond donors (Lipinski definition) is 1. The fourth-order valence-electron chi connectivity index (χ4n) is 4.47. The zero-order valence-corrected chi connectivity index (χ0v) is 20.8. The normalized spacial score (nSPS) is 24.0. The fourth-order valence-corrected chi connectivity index (χ4v) is 8.21. The molecule has 0 aromatic heterocycles. The van der Waals surface area contributed by atoms with Crippen molar-refractivity contribution in [2.24, 2.45) is 5.92 Å². The summed E-state index contributed by atoms with van der Waals surface area (Å²) in [5, 5.41) is 9.99. The molecule has 4 atom stereocenters. The lowest BCUT2D eigenvalue weighted by Gasteiger charge is -2.30. The summed E-state index contributed by atoms with van der Waals surface area (Å²) in [6.07, 6.45) is 2.55. The summed E-state index contributed by atoms with van der Waals surface area (Å²) in [5.41, 5.74) is 2.76. The van der Waals surface area contributed by atoms with Gasteiger partial charge in [-0.05, 0) is 50.1 Å². The molecule has 0 unspecified atom stereocenters. The highest BCUT2D eigenvalue weighted by Crippen LogP contribution is 2.50. The fraction of sp³-hybridized carbons (Fsp3) is 0.480. The molecule has 1 saturated heterocycles. The van der Waals surface area contributed by atoms with Crippen LogP contribution in [0, 0.1) is 19.8 Å². The van der Waals surface area contributed by atoms with E-state index in [0.717, 1.165) is 35.3 Å². The number of carboxylic acid groups (broad SMARTS) is 1. The monoisotopic (exact) mass is 475 g/mol. The van der Waals surface area contributed by atoms with E-state index in [1.807, 2.05) is 45.0 Å². The van der Waals surface area contributed by atoms with E-state index in [-0.39, 0.29) is 10.1 Å². The maximum Gasteiger partial charge on any atom is 0.309 e. The first kappa shape index (κ1) is 24.8. The maximum atomic E-state index is 13.9.